The van der Waals surface area contributed by atoms with Crippen LogP contribution in [-0.2, 0) is 19.1 Å². The third-order valence-electron chi connectivity index (χ3n) is 4.49. The summed E-state index contributed by atoms with van der Waals surface area (Å²) in [5.41, 5.74) is 7.89. The minimum atomic E-state index is -0.575. The summed E-state index contributed by atoms with van der Waals surface area (Å²) < 4.78 is 4.47. The summed E-state index contributed by atoms with van der Waals surface area (Å²) in [5, 5.41) is 0. The molecule has 0 saturated carbocycles. The highest BCUT2D eigenvalue weighted by molar-refractivity contribution is 6.35. The number of piperazine rings is 1. The molecule has 0 aliphatic carbocycles. The van der Waals surface area contributed by atoms with Crippen molar-refractivity contribution in [3.63, 3.8) is 0 Å². The van der Waals surface area contributed by atoms with Gasteiger partial charge in [-0.3, -0.25) is 14.4 Å². The van der Waals surface area contributed by atoms with Crippen LogP contribution in [-0.4, -0.2) is 67.4 Å². The Morgan fingerprint density at radius 2 is 1.31 bits per heavy atom. The lowest BCUT2D eigenvalue weighted by Crippen LogP contribution is -2.55. The maximum absolute atomic E-state index is 11.7. The largest absolute Gasteiger partial charge is 0.469 e. The Kier molecular flexibility index (Phi) is 8.85. The zero-order valence-electron chi connectivity index (χ0n) is 16.6. The van der Waals surface area contributed by atoms with Crippen LogP contribution in [0.15, 0.2) is 60.7 Å². The fraction of sp³-hybridized carbons (Fsp3) is 0.318. The Balaban J connectivity index is 0.000000218. The Labute approximate surface area is 171 Å². The third-order valence-corrected chi connectivity index (χ3v) is 4.49. The van der Waals surface area contributed by atoms with Crippen molar-refractivity contribution in [3.8, 4) is 11.1 Å². The molecule has 2 aromatic carbocycles. The number of esters is 1. The van der Waals surface area contributed by atoms with Gasteiger partial charge in [0.15, 0.2) is 0 Å². The molecule has 1 fully saturated rings. The van der Waals surface area contributed by atoms with E-state index < -0.39 is 17.8 Å². The summed E-state index contributed by atoms with van der Waals surface area (Å²) in [5.74, 6) is -1.52. The van der Waals surface area contributed by atoms with Gasteiger partial charge in [0.05, 0.1) is 13.5 Å². The third kappa shape index (κ3) is 6.73. The predicted molar refractivity (Wildman–Crippen MR) is 111 cm³/mol. The molecule has 0 bridgehead atoms. The van der Waals surface area contributed by atoms with Gasteiger partial charge < -0.3 is 20.3 Å². The number of hydrogen-bond acceptors (Lipinski definition) is 5. The van der Waals surface area contributed by atoms with Crippen molar-refractivity contribution < 1.29 is 19.1 Å². The van der Waals surface area contributed by atoms with Crippen molar-refractivity contribution in [2.45, 2.75) is 6.42 Å². The summed E-state index contributed by atoms with van der Waals surface area (Å²) in [7, 11) is 1.29. The number of rotatable bonds is 6. The predicted octanol–water partition coefficient (Wildman–Crippen LogP) is 1.53. The Morgan fingerprint density at radius 3 is 1.72 bits per heavy atom. The molecular formula is C22H27N3O4. The summed E-state index contributed by atoms with van der Waals surface area (Å²) >= 11 is 0. The molecule has 29 heavy (non-hydrogen) atoms. The highest BCUT2D eigenvalue weighted by Gasteiger charge is 2.31. The Hall–Kier alpha value is -3.19. The minimum absolute atomic E-state index is 0.104. The number of hydrogen-bond donors (Lipinski definition) is 1. The summed E-state index contributed by atoms with van der Waals surface area (Å²) in [4.78, 5) is 37.0. The van der Waals surface area contributed by atoms with Crippen molar-refractivity contribution in [3.05, 3.63) is 60.7 Å². The van der Waals surface area contributed by atoms with Gasteiger partial charge in [0.2, 0.25) is 0 Å². The van der Waals surface area contributed by atoms with Crippen LogP contribution >= 0.6 is 0 Å². The molecule has 1 aliphatic rings. The van der Waals surface area contributed by atoms with E-state index in [-0.39, 0.29) is 13.0 Å². The summed E-state index contributed by atoms with van der Waals surface area (Å²) in [6.45, 7) is 1.83. The van der Waals surface area contributed by atoms with Crippen LogP contribution in [0.4, 0.5) is 0 Å². The Morgan fingerprint density at radius 1 is 0.862 bits per heavy atom. The van der Waals surface area contributed by atoms with Crippen molar-refractivity contribution in [1.82, 2.24) is 9.80 Å². The minimum Gasteiger partial charge on any atom is -0.469 e. The molecule has 1 heterocycles. The second kappa shape index (κ2) is 11.6. The highest BCUT2D eigenvalue weighted by Crippen LogP contribution is 2.17. The van der Waals surface area contributed by atoms with E-state index in [0.717, 1.165) is 0 Å². The molecule has 2 amide bonds. The number of nitrogens with zero attached hydrogens (tertiary/aromatic N) is 2. The normalized spacial score (nSPS) is 13.6. The Bertz CT molecular complexity index is 759. The van der Waals surface area contributed by atoms with Gasteiger partial charge >= 0.3 is 17.8 Å². The van der Waals surface area contributed by atoms with Crippen molar-refractivity contribution in [2.75, 3.05) is 39.8 Å². The van der Waals surface area contributed by atoms with Crippen LogP contribution in [0.2, 0.25) is 0 Å². The summed E-state index contributed by atoms with van der Waals surface area (Å²) in [6.07, 6.45) is 0.104. The van der Waals surface area contributed by atoms with E-state index in [9.17, 15) is 14.4 Å². The number of ether oxygens (including phenoxy) is 1. The van der Waals surface area contributed by atoms with E-state index in [0.29, 0.717) is 26.2 Å². The van der Waals surface area contributed by atoms with Crippen LogP contribution in [0.25, 0.3) is 11.1 Å². The van der Waals surface area contributed by atoms with E-state index in [1.54, 1.807) is 0 Å². The molecule has 1 aliphatic heterocycles. The monoisotopic (exact) mass is 397 g/mol. The molecule has 154 valence electrons. The van der Waals surface area contributed by atoms with Gasteiger partial charge in [0.1, 0.15) is 0 Å². The lowest BCUT2D eigenvalue weighted by Gasteiger charge is -2.33. The molecule has 2 N–H and O–H groups in total. The van der Waals surface area contributed by atoms with Crippen LogP contribution in [0, 0.1) is 0 Å². The lowest BCUT2D eigenvalue weighted by molar-refractivity contribution is -0.156. The number of carbonyl (C=O) groups excluding carboxylic acids is 3. The molecular weight excluding hydrogens is 370 g/mol. The van der Waals surface area contributed by atoms with Crippen molar-refractivity contribution in [1.29, 1.82) is 0 Å². The van der Waals surface area contributed by atoms with Crippen molar-refractivity contribution in [2.24, 2.45) is 5.73 Å². The van der Waals surface area contributed by atoms with Crippen molar-refractivity contribution >= 4 is 17.8 Å². The number of methoxy groups -OCH3 is 1. The van der Waals surface area contributed by atoms with Gasteiger partial charge in [-0.15, -0.1) is 0 Å². The van der Waals surface area contributed by atoms with Gasteiger partial charge in [0.25, 0.3) is 0 Å². The van der Waals surface area contributed by atoms with E-state index in [2.05, 4.69) is 53.3 Å². The molecule has 2 aromatic rings. The van der Waals surface area contributed by atoms with Gasteiger partial charge in [-0.2, -0.15) is 0 Å². The molecule has 1 saturated heterocycles. The second-order valence-electron chi connectivity index (χ2n) is 6.43. The van der Waals surface area contributed by atoms with Gasteiger partial charge in [-0.1, -0.05) is 60.7 Å². The zero-order valence-corrected chi connectivity index (χ0v) is 16.6. The van der Waals surface area contributed by atoms with Gasteiger partial charge in [0, 0.05) is 32.7 Å². The maximum atomic E-state index is 11.7. The molecule has 0 aromatic heterocycles. The van der Waals surface area contributed by atoms with Crippen LogP contribution in [0.1, 0.15) is 6.42 Å². The van der Waals surface area contributed by atoms with Crippen LogP contribution in [0.5, 0.6) is 0 Å². The molecule has 7 heteroatoms. The maximum Gasteiger partial charge on any atom is 0.312 e. The molecule has 0 unspecified atom stereocenters. The van der Waals surface area contributed by atoms with E-state index in [1.165, 1.54) is 28.0 Å². The molecule has 7 nitrogen and oxygen atoms in total. The smallest absolute Gasteiger partial charge is 0.312 e. The summed E-state index contributed by atoms with van der Waals surface area (Å²) in [6, 6.07) is 20.8. The number of carbonyl (C=O) groups is 3. The molecule has 0 atom stereocenters. The zero-order chi connectivity index (χ0) is 21.1. The number of amides is 2. The van der Waals surface area contributed by atoms with E-state index in [1.807, 2.05) is 12.1 Å². The average molecular weight is 397 g/mol. The van der Waals surface area contributed by atoms with Crippen LogP contribution in [0.3, 0.4) is 0 Å². The fourth-order valence-electron chi connectivity index (χ4n) is 2.89. The van der Waals surface area contributed by atoms with Gasteiger partial charge in [-0.05, 0) is 11.1 Å². The second-order valence-corrected chi connectivity index (χ2v) is 6.43. The van der Waals surface area contributed by atoms with Gasteiger partial charge in [-0.25, -0.2) is 0 Å². The first-order valence-electron chi connectivity index (χ1n) is 9.52. The fourth-order valence-corrected chi connectivity index (χ4v) is 2.89. The lowest BCUT2D eigenvalue weighted by atomic mass is 10.1. The number of nitrogens with two attached hydrogens (primary N) is 1. The standard InChI is InChI=1S/C12H10.C10H17N3O4/c1-3-7-11(8-4-1)12-9-5-2-6-10-12;1-17-8(14)2-4-12-6-7-13(5-3-11)10(16)9(12)15/h1-10H;2-7,11H2,1H3. The highest BCUT2D eigenvalue weighted by atomic mass is 16.5. The molecule has 3 rings (SSSR count). The van der Waals surface area contributed by atoms with E-state index in [4.69, 9.17) is 5.73 Å². The first-order valence-corrected chi connectivity index (χ1v) is 9.52. The molecule has 0 radical (unpaired) electrons. The topological polar surface area (TPSA) is 92.9 Å². The van der Waals surface area contributed by atoms with E-state index >= 15 is 0 Å². The first kappa shape index (κ1) is 22.1. The van der Waals surface area contributed by atoms with Crippen LogP contribution < -0.4 is 5.73 Å². The quantitative estimate of drug-likeness (QED) is 0.589. The first-order chi connectivity index (χ1) is 14.1. The average Bonchev–Trinajstić information content (AvgIpc) is 2.78. The SMILES string of the molecule is COC(=O)CCN1CCN(CCN)C(=O)C1=O.c1ccc(-c2ccccc2)cc1. The number of benzene rings is 2. The molecule has 0 spiro atoms.